The summed E-state index contributed by atoms with van der Waals surface area (Å²) in [5.74, 6) is 0. The zero-order valence-electron chi connectivity index (χ0n) is 45.5. The first-order chi connectivity index (χ1) is 31.9. The van der Waals surface area contributed by atoms with Gasteiger partial charge in [-0.3, -0.25) is 0 Å². The van der Waals surface area contributed by atoms with Crippen LogP contribution in [0.3, 0.4) is 0 Å². The van der Waals surface area contributed by atoms with Gasteiger partial charge in [0.05, 0.1) is 53.6 Å². The highest BCUT2D eigenvalue weighted by Gasteiger charge is 2.16. The third kappa shape index (κ3) is 3.62. The normalized spacial score (nSPS) is 19.2. The van der Waals surface area contributed by atoms with Gasteiger partial charge in [0.15, 0.2) is 0 Å². The van der Waals surface area contributed by atoms with Crippen molar-refractivity contribution in [2.45, 2.75) is 0 Å². The van der Waals surface area contributed by atoms with Crippen molar-refractivity contribution in [1.82, 2.24) is 9.13 Å². The summed E-state index contributed by atoms with van der Waals surface area (Å²) in [5, 5.41) is -1.51. The van der Waals surface area contributed by atoms with Crippen molar-refractivity contribution in [3.8, 4) is 22.5 Å². The Balaban J connectivity index is 1.40. The third-order valence-electron chi connectivity index (χ3n) is 7.55. The number of fused-ring (bicyclic) bond motifs is 9. The van der Waals surface area contributed by atoms with Gasteiger partial charge in [-0.15, -0.1) is 11.3 Å². The van der Waals surface area contributed by atoms with Gasteiger partial charge in [-0.25, -0.2) is 0 Å². The Morgan fingerprint density at radius 2 is 0.956 bits per heavy atom. The summed E-state index contributed by atoms with van der Waals surface area (Å²) in [6.45, 7) is 0. The summed E-state index contributed by atoms with van der Waals surface area (Å²) in [4.78, 5) is 0. The van der Waals surface area contributed by atoms with E-state index >= 15 is 0 Å². The maximum absolute atomic E-state index is 9.79. The van der Waals surface area contributed by atoms with Gasteiger partial charge < -0.3 is 9.13 Å². The Hall–Kier alpha value is -5.64. The van der Waals surface area contributed by atoms with Crippen molar-refractivity contribution >= 4 is 75.1 Å². The first kappa shape index (κ1) is 11.4. The van der Waals surface area contributed by atoms with Crippen LogP contribution in [-0.2, 0) is 0 Å². The van der Waals surface area contributed by atoms with E-state index in [4.69, 9.17) is 20.6 Å². The predicted octanol–water partition coefficient (Wildman–Crippen LogP) is 11.9. The van der Waals surface area contributed by atoms with Crippen LogP contribution in [0.2, 0.25) is 0 Å². The highest BCUT2D eigenvalue weighted by molar-refractivity contribution is 7.25. The van der Waals surface area contributed by atoms with Crippen molar-refractivity contribution in [1.29, 1.82) is 0 Å². The first-order valence-corrected chi connectivity index (χ1v) is 14.3. The minimum Gasteiger partial charge on any atom is -0.309 e. The largest absolute Gasteiger partial charge is 0.309 e. The summed E-state index contributed by atoms with van der Waals surface area (Å²) in [7, 11) is 0. The fourth-order valence-electron chi connectivity index (χ4n) is 5.63. The minimum absolute atomic E-state index is 0.0363. The highest BCUT2D eigenvalue weighted by atomic mass is 32.1. The van der Waals surface area contributed by atoms with Crippen LogP contribution in [0.1, 0.15) is 31.5 Å². The molecule has 0 aliphatic rings. The average molecular weight is 614 g/mol. The molecule has 0 aliphatic heterocycles. The van der Waals surface area contributed by atoms with Crippen LogP contribution in [0.4, 0.5) is 0 Å². The van der Waals surface area contributed by atoms with Crippen LogP contribution < -0.4 is 0 Å². The molecule has 7 aromatic carbocycles. The highest BCUT2D eigenvalue weighted by Crippen LogP contribution is 2.40. The molecular weight excluding hydrogens is 565 g/mol. The second-order valence-electron chi connectivity index (χ2n) is 9.97. The van der Waals surface area contributed by atoms with Crippen LogP contribution in [0, 0.1) is 0 Å². The molecule has 0 N–H and O–H groups in total. The van der Waals surface area contributed by atoms with E-state index in [-0.39, 0.29) is 42.8 Å². The molecule has 3 heterocycles. The zero-order chi connectivity index (χ0) is 49.5. The molecule has 45 heavy (non-hydrogen) atoms. The lowest BCUT2D eigenvalue weighted by atomic mass is 10.0. The Kier molecular flexibility index (Phi) is 2.38. The van der Waals surface area contributed by atoms with Crippen LogP contribution >= 0.6 is 11.3 Å². The van der Waals surface area contributed by atoms with Crippen molar-refractivity contribution < 1.29 is 31.5 Å². The number of nitrogens with zero attached hydrogens (tertiary/aromatic N) is 2. The number of hydrogen-bond donors (Lipinski definition) is 0. The number of aromatic nitrogens is 2. The lowest BCUT2D eigenvalue weighted by Gasteiger charge is -2.09. The molecule has 0 amide bonds. The zero-order valence-corrected chi connectivity index (χ0v) is 23.4. The quantitative estimate of drug-likeness (QED) is 0.188. The van der Waals surface area contributed by atoms with E-state index in [1.165, 1.54) is 6.07 Å². The standard InChI is InChI=1S/C42H26N2S/c1-2-10-29(11-3-1)43-37-15-7-4-12-31(37)35-24-27(18-22-39(35)43)28-19-23-40-36(25-28)32-13-5-8-16-38(32)44(40)30-20-21-34-33-14-6-9-17-41(33)45-42(34)26-30/h1-26H/i1D,4D,5D,6D,7D,8D,9D,10D,11D,12D,13D,14D,15D,16D,17D,18D,19D,20D,22D,23D,24D,25D,26D. The van der Waals surface area contributed by atoms with E-state index in [0.29, 0.717) is 0 Å². The molecule has 0 spiro atoms. The molecule has 0 fully saturated rings. The molecule has 210 valence electrons. The van der Waals surface area contributed by atoms with Crippen molar-refractivity contribution in [2.24, 2.45) is 0 Å². The Morgan fingerprint density at radius 1 is 0.400 bits per heavy atom. The number of thiophene rings is 1. The number of rotatable bonds is 3. The molecule has 2 nitrogen and oxygen atoms in total. The third-order valence-corrected chi connectivity index (χ3v) is 8.59. The van der Waals surface area contributed by atoms with Gasteiger partial charge in [0, 0.05) is 53.1 Å². The molecule has 0 aliphatic carbocycles. The van der Waals surface area contributed by atoms with Crippen molar-refractivity contribution in [2.75, 3.05) is 0 Å². The minimum atomic E-state index is -0.884. The van der Waals surface area contributed by atoms with Gasteiger partial charge in [-0.1, -0.05) is 90.7 Å². The molecule has 0 atom stereocenters. The van der Waals surface area contributed by atoms with E-state index < -0.39 is 182 Å². The topological polar surface area (TPSA) is 9.86 Å². The molecule has 0 saturated carbocycles. The van der Waals surface area contributed by atoms with Gasteiger partial charge in [0.25, 0.3) is 0 Å². The monoisotopic (exact) mass is 613 g/mol. The molecule has 0 bridgehead atoms. The smallest absolute Gasteiger partial charge is 0.0660 e. The predicted molar refractivity (Wildman–Crippen MR) is 193 cm³/mol. The Labute approximate surface area is 295 Å². The lowest BCUT2D eigenvalue weighted by Crippen LogP contribution is -1.93. The average Bonchev–Trinajstić information content (AvgIpc) is 3.96. The van der Waals surface area contributed by atoms with E-state index in [0.717, 1.165) is 32.6 Å². The maximum atomic E-state index is 9.79. The maximum Gasteiger partial charge on any atom is 0.0660 e. The molecule has 10 rings (SSSR count). The molecule has 0 saturated heterocycles. The van der Waals surface area contributed by atoms with Crippen LogP contribution in [0.25, 0.3) is 86.3 Å². The number of hydrogen-bond acceptors (Lipinski definition) is 1. The molecule has 3 heteroatoms. The lowest BCUT2D eigenvalue weighted by molar-refractivity contribution is 1.18. The van der Waals surface area contributed by atoms with E-state index in [9.17, 15) is 11.0 Å². The second-order valence-corrected chi connectivity index (χ2v) is 11.0. The summed E-state index contributed by atoms with van der Waals surface area (Å²) in [5.41, 5.74) is -3.76. The van der Waals surface area contributed by atoms with Gasteiger partial charge in [-0.2, -0.15) is 0 Å². The summed E-state index contributed by atoms with van der Waals surface area (Å²) < 4.78 is 208. The van der Waals surface area contributed by atoms with Crippen molar-refractivity contribution in [3.05, 3.63) is 157 Å². The van der Waals surface area contributed by atoms with Crippen molar-refractivity contribution in [3.63, 3.8) is 0 Å². The van der Waals surface area contributed by atoms with Gasteiger partial charge in [0.1, 0.15) is 0 Å². The van der Waals surface area contributed by atoms with Gasteiger partial charge in [-0.05, 0) is 77.6 Å². The molecule has 3 aromatic heterocycles. The summed E-state index contributed by atoms with van der Waals surface area (Å²) in [6.07, 6.45) is 0. The second kappa shape index (κ2) is 9.43. The molecular formula is C42H26N2S. The summed E-state index contributed by atoms with van der Waals surface area (Å²) in [6, 6.07) is -11.6. The van der Waals surface area contributed by atoms with E-state index in [1.807, 2.05) is 0 Å². The number of benzene rings is 7. The van der Waals surface area contributed by atoms with Crippen LogP contribution in [0.15, 0.2) is 157 Å². The SMILES string of the molecule is [2H]c1cc([2H])c(-n2c3c([2H])c([2H])c([2H])c([2H])c3c3c([2H])c(-c4c([2H])c([2H])c5c(c4[2H])c4c([2H])c([2H])c([2H])c([2H])c4n5-c4c([2H])cc5c(sc6c([2H])c([2H])c([2H])c([2H])c65)c4[2H])c([2H])c([2H])c32)c([2H])c1. The fraction of sp³-hybridized carbons (Fsp3) is 0. The fourth-order valence-corrected chi connectivity index (χ4v) is 6.62. The molecule has 0 unspecified atom stereocenters. The summed E-state index contributed by atoms with van der Waals surface area (Å²) >= 11 is 0.813. The molecule has 0 radical (unpaired) electrons. The van der Waals surface area contributed by atoms with Gasteiger partial charge in [0.2, 0.25) is 0 Å². The first-order valence-electron chi connectivity index (χ1n) is 25.0. The van der Waals surface area contributed by atoms with Crippen LogP contribution in [-0.4, -0.2) is 9.13 Å². The van der Waals surface area contributed by atoms with E-state index in [2.05, 4.69) is 0 Å². The Morgan fingerprint density at radius 3 is 1.62 bits per heavy atom. The molecule has 10 aromatic rings. The van der Waals surface area contributed by atoms with Crippen LogP contribution in [0.5, 0.6) is 0 Å². The van der Waals surface area contributed by atoms with E-state index in [1.54, 1.807) is 0 Å². The van der Waals surface area contributed by atoms with Gasteiger partial charge >= 0.3 is 0 Å². The Bertz CT molecular complexity index is 4050. The number of para-hydroxylation sites is 3.